The summed E-state index contributed by atoms with van der Waals surface area (Å²) < 4.78 is 5.11. The number of aromatic nitrogens is 2. The predicted octanol–water partition coefficient (Wildman–Crippen LogP) is 2.32. The first kappa shape index (κ1) is 15.6. The Balaban J connectivity index is 2.18. The number of hydrogen-bond donors (Lipinski definition) is 3. The fraction of sp³-hybridized carbons (Fsp3) is 0.267. The largest absolute Gasteiger partial charge is 0.495 e. The molecule has 2 rings (SSSR count). The fourth-order valence-electron chi connectivity index (χ4n) is 1.99. The molecule has 0 atom stereocenters. The molecule has 7 nitrogen and oxygen atoms in total. The third-order valence-corrected chi connectivity index (χ3v) is 3.08. The number of H-pyrrole nitrogens is 1. The summed E-state index contributed by atoms with van der Waals surface area (Å²) in [6.45, 7) is 2.04. The molecule has 1 amide bonds. The number of carbonyl (C=O) groups excluding carboxylic acids is 1. The zero-order valence-corrected chi connectivity index (χ0v) is 12.3. The Bertz CT molecular complexity index is 694. The first-order chi connectivity index (χ1) is 10.5. The number of hydrogen-bond acceptors (Lipinski definition) is 4. The highest BCUT2D eigenvalue weighted by Crippen LogP contribution is 2.26. The number of amides is 1. The van der Waals surface area contributed by atoms with E-state index in [4.69, 9.17) is 9.84 Å². The second kappa shape index (κ2) is 6.75. The van der Waals surface area contributed by atoms with Crippen molar-refractivity contribution >= 4 is 17.6 Å². The van der Waals surface area contributed by atoms with E-state index in [0.717, 1.165) is 18.5 Å². The average molecular weight is 303 g/mol. The Hall–Kier alpha value is -2.83. The summed E-state index contributed by atoms with van der Waals surface area (Å²) in [5.74, 6) is -1.18. The van der Waals surface area contributed by atoms with Gasteiger partial charge >= 0.3 is 5.97 Å². The van der Waals surface area contributed by atoms with E-state index in [-0.39, 0.29) is 22.9 Å². The van der Waals surface area contributed by atoms with Gasteiger partial charge in [-0.1, -0.05) is 13.3 Å². The number of aryl methyl sites for hydroxylation is 1. The van der Waals surface area contributed by atoms with Crippen LogP contribution in [0.3, 0.4) is 0 Å². The summed E-state index contributed by atoms with van der Waals surface area (Å²) in [5.41, 5.74) is 1.63. The van der Waals surface area contributed by atoms with Crippen LogP contribution in [0.2, 0.25) is 0 Å². The van der Waals surface area contributed by atoms with Crippen molar-refractivity contribution in [1.82, 2.24) is 10.2 Å². The molecule has 0 aliphatic heterocycles. The van der Waals surface area contributed by atoms with Crippen LogP contribution in [0.1, 0.15) is 39.9 Å². The van der Waals surface area contributed by atoms with Gasteiger partial charge in [0.05, 0.1) is 18.4 Å². The van der Waals surface area contributed by atoms with E-state index in [1.807, 2.05) is 6.92 Å². The van der Waals surface area contributed by atoms with Gasteiger partial charge < -0.3 is 15.2 Å². The molecule has 0 saturated carbocycles. The van der Waals surface area contributed by atoms with Crippen molar-refractivity contribution in [1.29, 1.82) is 0 Å². The van der Waals surface area contributed by atoms with Crippen LogP contribution >= 0.6 is 0 Å². The van der Waals surface area contributed by atoms with Crippen LogP contribution in [0.25, 0.3) is 0 Å². The molecule has 1 aromatic heterocycles. The van der Waals surface area contributed by atoms with Crippen LogP contribution < -0.4 is 10.1 Å². The Morgan fingerprint density at radius 2 is 2.14 bits per heavy atom. The lowest BCUT2D eigenvalue weighted by atomic mass is 10.2. The minimum atomic E-state index is -1.06. The van der Waals surface area contributed by atoms with Crippen LogP contribution in [0.5, 0.6) is 5.75 Å². The fourth-order valence-corrected chi connectivity index (χ4v) is 1.99. The molecule has 1 heterocycles. The minimum absolute atomic E-state index is 0.0832. The summed E-state index contributed by atoms with van der Waals surface area (Å²) >= 11 is 0. The second-order valence-electron chi connectivity index (χ2n) is 4.70. The number of aromatic carboxylic acids is 1. The number of nitrogens with one attached hydrogen (secondary N) is 2. The number of aromatic amines is 1. The Morgan fingerprint density at radius 3 is 2.77 bits per heavy atom. The summed E-state index contributed by atoms with van der Waals surface area (Å²) in [6.07, 6.45) is 1.77. The molecular weight excluding hydrogens is 286 g/mol. The summed E-state index contributed by atoms with van der Waals surface area (Å²) in [7, 11) is 1.41. The van der Waals surface area contributed by atoms with Crippen molar-refractivity contribution in [3.63, 3.8) is 0 Å². The Morgan fingerprint density at radius 1 is 1.36 bits per heavy atom. The molecule has 0 aliphatic rings. The van der Waals surface area contributed by atoms with Crippen molar-refractivity contribution in [3.8, 4) is 5.75 Å². The first-order valence-corrected chi connectivity index (χ1v) is 6.82. The van der Waals surface area contributed by atoms with Crippen molar-refractivity contribution in [2.75, 3.05) is 12.4 Å². The van der Waals surface area contributed by atoms with Gasteiger partial charge in [0.15, 0.2) is 5.69 Å². The highest BCUT2D eigenvalue weighted by atomic mass is 16.5. The summed E-state index contributed by atoms with van der Waals surface area (Å²) in [6, 6.07) is 5.93. The quantitative estimate of drug-likeness (QED) is 0.759. The molecule has 22 heavy (non-hydrogen) atoms. The van der Waals surface area contributed by atoms with Crippen molar-refractivity contribution in [2.45, 2.75) is 19.8 Å². The van der Waals surface area contributed by atoms with Gasteiger partial charge in [-0.3, -0.25) is 9.89 Å². The summed E-state index contributed by atoms with van der Waals surface area (Å²) in [5, 5.41) is 18.4. The van der Waals surface area contributed by atoms with Crippen LogP contribution in [0.15, 0.2) is 24.3 Å². The highest BCUT2D eigenvalue weighted by Gasteiger charge is 2.14. The van der Waals surface area contributed by atoms with E-state index in [2.05, 4.69) is 15.5 Å². The third kappa shape index (κ3) is 3.43. The Labute approximate surface area is 127 Å². The van der Waals surface area contributed by atoms with Crippen molar-refractivity contribution < 1.29 is 19.4 Å². The predicted molar refractivity (Wildman–Crippen MR) is 80.5 cm³/mol. The van der Waals surface area contributed by atoms with Gasteiger partial charge in [0, 0.05) is 5.69 Å². The lowest BCUT2D eigenvalue weighted by Crippen LogP contribution is -2.13. The number of rotatable bonds is 6. The van der Waals surface area contributed by atoms with E-state index >= 15 is 0 Å². The van der Waals surface area contributed by atoms with Gasteiger partial charge in [0.25, 0.3) is 5.91 Å². The number of ether oxygens (including phenoxy) is 1. The van der Waals surface area contributed by atoms with Crippen LogP contribution in [-0.4, -0.2) is 34.3 Å². The monoisotopic (exact) mass is 303 g/mol. The molecule has 1 aromatic carbocycles. The maximum absolute atomic E-state index is 12.2. The number of nitrogens with zero attached hydrogens (tertiary/aromatic N) is 1. The topological polar surface area (TPSA) is 104 Å². The molecular formula is C15H17N3O4. The van der Waals surface area contributed by atoms with Gasteiger partial charge in [-0.15, -0.1) is 0 Å². The lowest BCUT2D eigenvalue weighted by Gasteiger charge is -2.09. The normalized spacial score (nSPS) is 10.3. The molecule has 2 aromatic rings. The number of benzene rings is 1. The Kier molecular flexibility index (Phi) is 4.77. The van der Waals surface area contributed by atoms with Gasteiger partial charge in [0.1, 0.15) is 5.75 Å². The lowest BCUT2D eigenvalue weighted by molar-refractivity contribution is 0.0696. The van der Waals surface area contributed by atoms with E-state index in [0.29, 0.717) is 5.69 Å². The molecule has 3 N–H and O–H groups in total. The third-order valence-electron chi connectivity index (χ3n) is 3.08. The molecule has 0 bridgehead atoms. The van der Waals surface area contributed by atoms with E-state index in [1.54, 1.807) is 6.07 Å². The number of anilines is 1. The van der Waals surface area contributed by atoms with Crippen molar-refractivity contribution in [3.05, 3.63) is 41.2 Å². The van der Waals surface area contributed by atoms with Gasteiger partial charge in [-0.2, -0.15) is 5.10 Å². The molecule has 116 valence electrons. The van der Waals surface area contributed by atoms with E-state index in [1.165, 1.54) is 25.3 Å². The van der Waals surface area contributed by atoms with E-state index in [9.17, 15) is 9.59 Å². The van der Waals surface area contributed by atoms with Gasteiger partial charge in [-0.05, 0) is 30.7 Å². The molecule has 0 fully saturated rings. The van der Waals surface area contributed by atoms with Crippen molar-refractivity contribution in [2.24, 2.45) is 0 Å². The average Bonchev–Trinajstić information content (AvgIpc) is 2.96. The minimum Gasteiger partial charge on any atom is -0.495 e. The molecule has 0 aliphatic carbocycles. The highest BCUT2D eigenvalue weighted by molar-refractivity contribution is 6.04. The zero-order chi connectivity index (χ0) is 16.1. The van der Waals surface area contributed by atoms with Gasteiger partial charge in [-0.25, -0.2) is 4.79 Å². The molecule has 0 spiro atoms. The van der Waals surface area contributed by atoms with Gasteiger partial charge in [0.2, 0.25) is 0 Å². The van der Waals surface area contributed by atoms with Crippen LogP contribution in [-0.2, 0) is 6.42 Å². The molecule has 0 unspecified atom stereocenters. The molecule has 7 heteroatoms. The second-order valence-corrected chi connectivity index (χ2v) is 4.70. The maximum atomic E-state index is 12.2. The summed E-state index contributed by atoms with van der Waals surface area (Å²) in [4.78, 5) is 23.1. The van der Waals surface area contributed by atoms with E-state index < -0.39 is 5.97 Å². The first-order valence-electron chi connectivity index (χ1n) is 6.82. The number of carboxylic acid groups (broad SMARTS) is 1. The number of carboxylic acids is 1. The number of methoxy groups -OCH3 is 1. The molecule has 0 saturated heterocycles. The standard InChI is InChI=1S/C15H17N3O4/c1-3-4-10-8-12(18-17-10)14(19)16-11-6-5-9(15(20)21)7-13(11)22-2/h5-8H,3-4H2,1-2H3,(H,16,19)(H,17,18)(H,20,21). The number of carbonyl (C=O) groups is 2. The zero-order valence-electron chi connectivity index (χ0n) is 12.3. The smallest absolute Gasteiger partial charge is 0.335 e. The van der Waals surface area contributed by atoms with Crippen LogP contribution in [0.4, 0.5) is 5.69 Å². The molecule has 0 radical (unpaired) electrons. The maximum Gasteiger partial charge on any atom is 0.335 e. The SMILES string of the molecule is CCCc1cc(C(=O)Nc2ccc(C(=O)O)cc2OC)n[nH]1. The van der Waals surface area contributed by atoms with Crippen LogP contribution in [0, 0.1) is 0 Å².